The van der Waals surface area contributed by atoms with E-state index in [-0.39, 0.29) is 5.41 Å². The smallest absolute Gasteiger partial charge is 0.143 e. The largest absolute Gasteiger partial charge is 0.455 e. The number of hydrogen-bond donors (Lipinski definition) is 0. The molecule has 2 nitrogen and oxygen atoms in total. The van der Waals surface area contributed by atoms with Crippen LogP contribution in [0.1, 0.15) is 25.0 Å². The second-order valence-electron chi connectivity index (χ2n) is 10.7. The van der Waals surface area contributed by atoms with Crippen LogP contribution < -0.4 is 0 Å². The number of halogens is 1. The Morgan fingerprint density at radius 1 is 0.684 bits per heavy atom. The third-order valence-corrected chi connectivity index (χ3v) is 8.74. The van der Waals surface area contributed by atoms with Gasteiger partial charge in [-0.3, -0.25) is 0 Å². The van der Waals surface area contributed by atoms with Crippen LogP contribution >= 0.6 is 15.9 Å². The van der Waals surface area contributed by atoms with Gasteiger partial charge in [-0.05, 0) is 53.1 Å². The number of aromatic nitrogens is 1. The second kappa shape index (κ2) is 7.72. The zero-order valence-electron chi connectivity index (χ0n) is 21.1. The summed E-state index contributed by atoms with van der Waals surface area (Å²) in [7, 11) is 0. The summed E-state index contributed by atoms with van der Waals surface area (Å²) < 4.78 is 9.87. The molecule has 0 radical (unpaired) electrons. The fourth-order valence-corrected chi connectivity index (χ4v) is 6.91. The maximum absolute atomic E-state index is 6.32. The lowest BCUT2D eigenvalue weighted by Gasteiger charge is -2.21. The first kappa shape index (κ1) is 22.0. The molecule has 0 saturated carbocycles. The molecule has 0 saturated heterocycles. The molecule has 1 aliphatic rings. The molecule has 0 amide bonds. The van der Waals surface area contributed by atoms with E-state index in [1.807, 2.05) is 12.1 Å². The van der Waals surface area contributed by atoms with Crippen molar-refractivity contribution < 1.29 is 4.42 Å². The predicted octanol–water partition coefficient (Wildman–Crippen LogP) is 10.3. The van der Waals surface area contributed by atoms with Gasteiger partial charge in [-0.25, -0.2) is 0 Å². The number of furan rings is 1. The van der Waals surface area contributed by atoms with Crippen molar-refractivity contribution in [2.24, 2.45) is 0 Å². The molecule has 7 aromatic rings. The van der Waals surface area contributed by atoms with Gasteiger partial charge in [0.05, 0.1) is 11.2 Å². The Balaban J connectivity index is 1.35. The maximum atomic E-state index is 6.32. The summed E-state index contributed by atoms with van der Waals surface area (Å²) in [4.78, 5) is 0. The Hall–Kier alpha value is -4.08. The normalized spacial score (nSPS) is 13.9. The van der Waals surface area contributed by atoms with Gasteiger partial charge >= 0.3 is 0 Å². The molecule has 0 fully saturated rings. The van der Waals surface area contributed by atoms with Gasteiger partial charge in [-0.2, -0.15) is 0 Å². The van der Waals surface area contributed by atoms with Crippen LogP contribution in [0.4, 0.5) is 0 Å². The van der Waals surface area contributed by atoms with Crippen LogP contribution in [0.3, 0.4) is 0 Å². The minimum atomic E-state index is -0.0763. The average Bonchev–Trinajstić information content (AvgIpc) is 3.56. The molecule has 2 aromatic heterocycles. The summed E-state index contributed by atoms with van der Waals surface area (Å²) >= 11 is 3.73. The molecule has 0 unspecified atom stereocenters. The standard InChI is InChI=1S/C35H24BrNO/c1-35(2)29-12-5-3-9-27(29)33-32(35)28-20-22(36)16-19-30(28)37(33)23-17-14-21(15-18-23)24-10-7-11-26-25-8-4-6-13-31(25)38-34(24)26/h3-20H,1-2H3. The van der Waals surface area contributed by atoms with E-state index in [1.165, 1.54) is 33.3 Å². The van der Waals surface area contributed by atoms with Crippen LogP contribution in [-0.4, -0.2) is 4.57 Å². The summed E-state index contributed by atoms with van der Waals surface area (Å²) in [5.74, 6) is 0. The monoisotopic (exact) mass is 553 g/mol. The molecule has 0 spiro atoms. The number of para-hydroxylation sites is 2. The molecule has 182 valence electrons. The van der Waals surface area contributed by atoms with Crippen molar-refractivity contribution in [1.82, 2.24) is 4.57 Å². The summed E-state index contributed by atoms with van der Waals surface area (Å²) in [6.45, 7) is 4.69. The first-order valence-electron chi connectivity index (χ1n) is 13.0. The van der Waals surface area contributed by atoms with Gasteiger partial charge in [0.15, 0.2) is 0 Å². The number of fused-ring (bicyclic) bond motifs is 8. The van der Waals surface area contributed by atoms with E-state index in [9.17, 15) is 0 Å². The minimum Gasteiger partial charge on any atom is -0.455 e. The Morgan fingerprint density at radius 3 is 2.29 bits per heavy atom. The van der Waals surface area contributed by atoms with E-state index in [1.54, 1.807) is 0 Å². The third kappa shape index (κ3) is 2.88. The van der Waals surface area contributed by atoms with Gasteiger partial charge in [-0.15, -0.1) is 0 Å². The van der Waals surface area contributed by atoms with Crippen molar-refractivity contribution in [1.29, 1.82) is 0 Å². The van der Waals surface area contributed by atoms with E-state index in [0.717, 1.165) is 43.2 Å². The molecular formula is C35H24BrNO. The highest BCUT2D eigenvalue weighted by atomic mass is 79.9. The third-order valence-electron chi connectivity index (χ3n) is 8.25. The molecular weight excluding hydrogens is 530 g/mol. The fourth-order valence-electron chi connectivity index (χ4n) is 6.55. The van der Waals surface area contributed by atoms with E-state index < -0.39 is 0 Å². The maximum Gasteiger partial charge on any atom is 0.143 e. The van der Waals surface area contributed by atoms with Gasteiger partial charge in [0.25, 0.3) is 0 Å². The average molecular weight is 554 g/mol. The summed E-state index contributed by atoms with van der Waals surface area (Å²) in [5.41, 5.74) is 11.8. The lowest BCUT2D eigenvalue weighted by molar-refractivity contribution is 0.666. The first-order chi connectivity index (χ1) is 18.5. The van der Waals surface area contributed by atoms with Crippen molar-refractivity contribution in [2.45, 2.75) is 19.3 Å². The highest BCUT2D eigenvalue weighted by Crippen LogP contribution is 2.53. The van der Waals surface area contributed by atoms with Gasteiger partial charge < -0.3 is 8.98 Å². The number of benzene rings is 5. The van der Waals surface area contributed by atoms with Crippen molar-refractivity contribution in [3.8, 4) is 28.1 Å². The summed E-state index contributed by atoms with van der Waals surface area (Å²) in [5, 5.41) is 3.61. The quantitative estimate of drug-likeness (QED) is 0.208. The Bertz CT molecular complexity index is 2060. The molecule has 0 aliphatic heterocycles. The van der Waals surface area contributed by atoms with Gasteiger partial charge in [0, 0.05) is 42.9 Å². The van der Waals surface area contributed by atoms with Crippen LogP contribution in [0.2, 0.25) is 0 Å². The zero-order chi connectivity index (χ0) is 25.6. The van der Waals surface area contributed by atoms with E-state index in [2.05, 4.69) is 131 Å². The molecule has 1 aliphatic carbocycles. The Morgan fingerprint density at radius 2 is 1.42 bits per heavy atom. The lowest BCUT2D eigenvalue weighted by Crippen LogP contribution is -2.14. The van der Waals surface area contributed by atoms with E-state index in [4.69, 9.17) is 4.42 Å². The highest BCUT2D eigenvalue weighted by Gasteiger charge is 2.40. The van der Waals surface area contributed by atoms with Crippen molar-refractivity contribution >= 4 is 48.8 Å². The summed E-state index contributed by atoms with van der Waals surface area (Å²) in [6.07, 6.45) is 0. The zero-order valence-corrected chi connectivity index (χ0v) is 22.7. The van der Waals surface area contributed by atoms with Crippen LogP contribution in [0.5, 0.6) is 0 Å². The molecule has 2 heterocycles. The minimum absolute atomic E-state index is 0.0763. The van der Waals surface area contributed by atoms with Gasteiger partial charge in [0.1, 0.15) is 11.2 Å². The fraction of sp³-hybridized carbons (Fsp3) is 0.0857. The SMILES string of the molecule is CC1(C)c2ccccc2-c2c1c1cc(Br)ccc1n2-c1ccc(-c2cccc3c2oc2ccccc23)cc1. The van der Waals surface area contributed by atoms with Crippen molar-refractivity contribution in [3.05, 3.63) is 125 Å². The Labute approximate surface area is 229 Å². The molecule has 0 atom stereocenters. The second-order valence-corrected chi connectivity index (χ2v) is 11.6. The molecule has 0 bridgehead atoms. The van der Waals surface area contributed by atoms with Gasteiger partial charge in [0.2, 0.25) is 0 Å². The Kier molecular flexibility index (Phi) is 4.46. The van der Waals surface area contributed by atoms with E-state index in [0.29, 0.717) is 0 Å². The van der Waals surface area contributed by atoms with Crippen molar-refractivity contribution in [3.63, 3.8) is 0 Å². The number of rotatable bonds is 2. The molecule has 8 rings (SSSR count). The van der Waals surface area contributed by atoms with Gasteiger partial charge in [-0.1, -0.05) is 103 Å². The molecule has 38 heavy (non-hydrogen) atoms. The van der Waals surface area contributed by atoms with Crippen molar-refractivity contribution in [2.75, 3.05) is 0 Å². The van der Waals surface area contributed by atoms with E-state index >= 15 is 0 Å². The summed E-state index contributed by atoms with van der Waals surface area (Å²) in [6, 6.07) is 39.1. The van der Waals surface area contributed by atoms with Crippen LogP contribution in [-0.2, 0) is 5.41 Å². The number of nitrogens with zero attached hydrogens (tertiary/aromatic N) is 1. The lowest BCUT2D eigenvalue weighted by atomic mass is 9.81. The molecule has 0 N–H and O–H groups in total. The molecule has 5 aromatic carbocycles. The van der Waals surface area contributed by atoms with Crippen LogP contribution in [0.15, 0.2) is 118 Å². The highest BCUT2D eigenvalue weighted by molar-refractivity contribution is 9.10. The first-order valence-corrected chi connectivity index (χ1v) is 13.8. The number of hydrogen-bond acceptors (Lipinski definition) is 1. The predicted molar refractivity (Wildman–Crippen MR) is 161 cm³/mol. The van der Waals surface area contributed by atoms with Crippen LogP contribution in [0.25, 0.3) is 60.9 Å². The topological polar surface area (TPSA) is 18.1 Å². The molecule has 3 heteroatoms. The van der Waals surface area contributed by atoms with Crippen LogP contribution in [0, 0.1) is 0 Å².